The van der Waals surface area contributed by atoms with E-state index in [1.165, 1.54) is 20.5 Å². The van der Waals surface area contributed by atoms with Gasteiger partial charge in [0, 0.05) is 25.2 Å². The minimum absolute atomic E-state index is 0.929. The Kier molecular flexibility index (Phi) is 2.67. The van der Waals surface area contributed by atoms with Crippen LogP contribution in [0.1, 0.15) is 10.4 Å². The first-order chi connectivity index (χ1) is 6.20. The van der Waals surface area contributed by atoms with E-state index in [1.54, 1.807) is 0 Å². The molecule has 13 heavy (non-hydrogen) atoms. The third kappa shape index (κ3) is 1.78. The first-order valence-corrected chi connectivity index (χ1v) is 6.37. The lowest BCUT2D eigenvalue weighted by molar-refractivity contribution is 1.43. The van der Waals surface area contributed by atoms with Gasteiger partial charge >= 0.3 is 0 Å². The van der Waals surface area contributed by atoms with Gasteiger partial charge in [0.25, 0.3) is 0 Å². The van der Waals surface area contributed by atoms with Crippen LogP contribution in [-0.4, -0.2) is 0 Å². The molecule has 0 radical (unpaired) electrons. The van der Waals surface area contributed by atoms with Crippen molar-refractivity contribution in [3.63, 3.8) is 0 Å². The number of thiol groups is 1. The van der Waals surface area contributed by atoms with Crippen LogP contribution in [0.5, 0.6) is 0 Å². The van der Waals surface area contributed by atoms with Crippen LogP contribution >= 0.6 is 39.9 Å². The van der Waals surface area contributed by atoms with E-state index in [0.29, 0.717) is 0 Å². The van der Waals surface area contributed by atoms with Gasteiger partial charge in [0.2, 0.25) is 0 Å². The summed E-state index contributed by atoms with van der Waals surface area (Å²) in [7, 11) is 0. The van der Waals surface area contributed by atoms with Crippen LogP contribution in [-0.2, 0) is 5.33 Å². The molecule has 0 amide bonds. The average molecular weight is 273 g/mol. The highest BCUT2D eigenvalue weighted by molar-refractivity contribution is 9.08. The van der Waals surface area contributed by atoms with Crippen molar-refractivity contribution in [2.45, 2.75) is 17.1 Å². The number of thiophene rings is 1. The number of rotatable bonds is 1. The molecule has 0 aliphatic heterocycles. The molecule has 0 aliphatic carbocycles. The van der Waals surface area contributed by atoms with Gasteiger partial charge in [0.15, 0.2) is 0 Å². The highest BCUT2D eigenvalue weighted by Crippen LogP contribution is 2.32. The minimum atomic E-state index is 0.929. The van der Waals surface area contributed by atoms with Crippen LogP contribution < -0.4 is 0 Å². The Bertz CT molecular complexity index is 445. The molecule has 1 aromatic carbocycles. The van der Waals surface area contributed by atoms with Crippen LogP contribution in [0.4, 0.5) is 0 Å². The van der Waals surface area contributed by atoms with Gasteiger partial charge in [-0.2, -0.15) is 0 Å². The summed E-state index contributed by atoms with van der Waals surface area (Å²) >= 11 is 9.76. The number of aryl methyl sites for hydroxylation is 1. The topological polar surface area (TPSA) is 0 Å². The van der Waals surface area contributed by atoms with Crippen molar-refractivity contribution in [3.8, 4) is 0 Å². The van der Waals surface area contributed by atoms with E-state index in [2.05, 4.69) is 53.7 Å². The second-order valence-electron chi connectivity index (χ2n) is 3.04. The van der Waals surface area contributed by atoms with Gasteiger partial charge in [-0.1, -0.05) is 15.9 Å². The fourth-order valence-corrected chi connectivity index (χ4v) is 3.38. The van der Waals surface area contributed by atoms with Crippen molar-refractivity contribution in [1.29, 1.82) is 0 Å². The summed E-state index contributed by atoms with van der Waals surface area (Å²) in [4.78, 5) is 2.44. The lowest BCUT2D eigenvalue weighted by Crippen LogP contribution is -1.72. The van der Waals surface area contributed by atoms with Gasteiger partial charge in [0.1, 0.15) is 0 Å². The normalized spacial score (nSPS) is 11.0. The molecule has 0 nitrogen and oxygen atoms in total. The maximum Gasteiger partial charge on any atom is 0.0377 e. The molecule has 2 rings (SSSR count). The highest BCUT2D eigenvalue weighted by atomic mass is 79.9. The number of alkyl halides is 1. The molecule has 0 saturated heterocycles. The van der Waals surface area contributed by atoms with Crippen LogP contribution in [0, 0.1) is 6.92 Å². The smallest absolute Gasteiger partial charge is 0.0377 e. The maximum absolute atomic E-state index is 4.46. The molecule has 2 aromatic rings. The zero-order valence-electron chi connectivity index (χ0n) is 7.17. The Morgan fingerprint density at radius 1 is 1.38 bits per heavy atom. The lowest BCUT2D eigenvalue weighted by Gasteiger charge is -1.96. The Labute approximate surface area is 95.5 Å². The predicted molar refractivity (Wildman–Crippen MR) is 66.4 cm³/mol. The van der Waals surface area contributed by atoms with E-state index in [0.717, 1.165) is 10.2 Å². The molecule has 0 N–H and O–H groups in total. The van der Waals surface area contributed by atoms with E-state index in [-0.39, 0.29) is 0 Å². The second-order valence-corrected chi connectivity index (χ2v) is 5.25. The van der Waals surface area contributed by atoms with Crippen molar-refractivity contribution in [3.05, 3.63) is 28.6 Å². The summed E-state index contributed by atoms with van der Waals surface area (Å²) in [5, 5.41) is 2.20. The number of benzene rings is 1. The van der Waals surface area contributed by atoms with E-state index < -0.39 is 0 Å². The third-order valence-corrected chi connectivity index (χ3v) is 4.37. The largest absolute Gasteiger partial charge is 0.143 e. The Hall–Kier alpha value is 0.01000. The Morgan fingerprint density at radius 3 is 2.85 bits per heavy atom. The van der Waals surface area contributed by atoms with Crippen molar-refractivity contribution in [2.24, 2.45) is 0 Å². The molecule has 0 fully saturated rings. The third-order valence-electron chi connectivity index (χ3n) is 1.94. The van der Waals surface area contributed by atoms with Gasteiger partial charge in [-0.15, -0.1) is 24.0 Å². The molecule has 0 spiro atoms. The van der Waals surface area contributed by atoms with E-state index in [1.807, 2.05) is 11.3 Å². The molecule has 0 atom stereocenters. The van der Waals surface area contributed by atoms with Crippen molar-refractivity contribution >= 4 is 50.0 Å². The van der Waals surface area contributed by atoms with Gasteiger partial charge in [0.05, 0.1) is 0 Å². The van der Waals surface area contributed by atoms with E-state index in [4.69, 9.17) is 0 Å². The fraction of sp³-hybridized carbons (Fsp3) is 0.200. The molecule has 68 valence electrons. The number of hydrogen-bond acceptors (Lipinski definition) is 2. The second kappa shape index (κ2) is 3.64. The molecule has 0 bridgehead atoms. The molecule has 0 aliphatic rings. The quantitative estimate of drug-likeness (QED) is 0.578. The van der Waals surface area contributed by atoms with Crippen molar-refractivity contribution in [2.75, 3.05) is 0 Å². The molecule has 0 saturated carbocycles. The van der Waals surface area contributed by atoms with Gasteiger partial charge < -0.3 is 0 Å². The maximum atomic E-state index is 4.46. The molecule has 0 unspecified atom stereocenters. The monoisotopic (exact) mass is 272 g/mol. The summed E-state index contributed by atoms with van der Waals surface area (Å²) in [6.45, 7) is 2.10. The number of fused-ring (bicyclic) bond motifs is 1. The van der Waals surface area contributed by atoms with Gasteiger partial charge in [-0.25, -0.2) is 0 Å². The lowest BCUT2D eigenvalue weighted by atomic mass is 10.2. The number of halogens is 1. The minimum Gasteiger partial charge on any atom is -0.143 e. The van der Waals surface area contributed by atoms with Crippen LogP contribution in [0.3, 0.4) is 0 Å². The summed E-state index contributed by atoms with van der Waals surface area (Å²) in [6.07, 6.45) is 0. The number of hydrogen-bond donors (Lipinski definition) is 1. The van der Waals surface area contributed by atoms with Crippen molar-refractivity contribution in [1.82, 2.24) is 0 Å². The summed E-state index contributed by atoms with van der Waals surface area (Å²) < 4.78 is 1.33. The average Bonchev–Trinajstić information content (AvgIpc) is 2.47. The van der Waals surface area contributed by atoms with Crippen LogP contribution in [0.2, 0.25) is 0 Å². The van der Waals surface area contributed by atoms with Crippen LogP contribution in [0.25, 0.3) is 10.1 Å². The molecule has 3 heteroatoms. The first kappa shape index (κ1) is 9.56. The Balaban J connectivity index is 2.75. The van der Waals surface area contributed by atoms with E-state index in [9.17, 15) is 0 Å². The summed E-state index contributed by atoms with van der Waals surface area (Å²) in [5.74, 6) is 0. The predicted octanol–water partition coefficient (Wildman–Crippen LogP) is 4.39. The molecule has 1 heterocycles. The van der Waals surface area contributed by atoms with Gasteiger partial charge in [-0.05, 0) is 30.7 Å². The first-order valence-electron chi connectivity index (χ1n) is 3.98. The van der Waals surface area contributed by atoms with Crippen molar-refractivity contribution < 1.29 is 0 Å². The summed E-state index contributed by atoms with van der Waals surface area (Å²) in [6, 6.07) is 6.53. The molecule has 1 aromatic heterocycles. The van der Waals surface area contributed by atoms with E-state index >= 15 is 0 Å². The Morgan fingerprint density at radius 2 is 2.15 bits per heavy atom. The zero-order chi connectivity index (χ0) is 9.42. The van der Waals surface area contributed by atoms with Gasteiger partial charge in [-0.3, -0.25) is 0 Å². The standard InChI is InChI=1S/C10H9BrS2/c1-6-2-9(12)8-4-7(5-11)13-10(8)3-6/h2-4,12H,5H2,1H3. The van der Waals surface area contributed by atoms with Crippen LogP contribution in [0.15, 0.2) is 23.1 Å². The fourth-order valence-electron chi connectivity index (χ4n) is 1.37. The summed E-state index contributed by atoms with van der Waals surface area (Å²) in [5.41, 5.74) is 1.28. The SMILES string of the molecule is Cc1cc(S)c2cc(CBr)sc2c1. The highest BCUT2D eigenvalue weighted by Gasteiger charge is 2.04. The molecular weight excluding hydrogens is 264 g/mol. The molecular formula is C10H9BrS2. The zero-order valence-corrected chi connectivity index (χ0v) is 10.5.